The second-order valence-electron chi connectivity index (χ2n) is 10.6. The van der Waals surface area contributed by atoms with Gasteiger partial charge in [0.2, 0.25) is 5.91 Å². The third-order valence-electron chi connectivity index (χ3n) is 7.38. The first-order chi connectivity index (χ1) is 18.2. The number of hydrogen-bond donors (Lipinski definition) is 4. The van der Waals surface area contributed by atoms with Gasteiger partial charge in [0.25, 0.3) is 5.91 Å². The van der Waals surface area contributed by atoms with E-state index >= 15 is 0 Å². The Morgan fingerprint density at radius 2 is 1.97 bits per heavy atom. The van der Waals surface area contributed by atoms with E-state index in [1.807, 2.05) is 25.1 Å². The molecule has 2 amide bonds. The predicted octanol–water partition coefficient (Wildman–Crippen LogP) is 3.52. The maximum absolute atomic E-state index is 15.0. The normalized spacial score (nSPS) is 22.2. The van der Waals surface area contributed by atoms with Crippen molar-refractivity contribution in [2.24, 2.45) is 5.92 Å². The van der Waals surface area contributed by atoms with Gasteiger partial charge >= 0.3 is 0 Å². The number of rotatable bonds is 8. The van der Waals surface area contributed by atoms with E-state index in [-0.39, 0.29) is 12.5 Å². The van der Waals surface area contributed by atoms with Crippen molar-refractivity contribution < 1.29 is 23.8 Å². The van der Waals surface area contributed by atoms with E-state index in [1.165, 1.54) is 26.1 Å². The van der Waals surface area contributed by atoms with Gasteiger partial charge < -0.3 is 25.5 Å². The number of aromatic nitrogens is 3. The van der Waals surface area contributed by atoms with Gasteiger partial charge in [-0.3, -0.25) is 9.59 Å². The number of aromatic amines is 1. The lowest BCUT2D eigenvalue weighted by Gasteiger charge is -2.32. The summed E-state index contributed by atoms with van der Waals surface area (Å²) in [6, 6.07) is 4.90. The maximum Gasteiger partial charge on any atom is 0.255 e. The van der Waals surface area contributed by atoms with Crippen LogP contribution in [0.25, 0.3) is 22.3 Å². The number of ether oxygens (including phenoxy) is 1. The molecule has 2 aliphatic carbocycles. The molecular weight excluding hydrogens is 489 g/mol. The molecule has 0 saturated heterocycles. The molecular formula is C28H34FN5O4. The lowest BCUT2D eigenvalue weighted by molar-refractivity contribution is -0.129. The van der Waals surface area contributed by atoms with Gasteiger partial charge in [0.1, 0.15) is 35.6 Å². The highest BCUT2D eigenvalue weighted by atomic mass is 19.1. The van der Waals surface area contributed by atoms with Gasteiger partial charge in [-0.25, -0.2) is 14.4 Å². The minimum absolute atomic E-state index is 0.0690. The molecule has 3 aromatic rings. The number of aryl methyl sites for hydroxylation is 2. The number of carbonyl (C=O) groups excluding carboxylic acids is 2. The fraction of sp³-hybridized carbons (Fsp3) is 0.500. The van der Waals surface area contributed by atoms with Crippen LogP contribution in [0.3, 0.4) is 0 Å². The second-order valence-corrected chi connectivity index (χ2v) is 10.6. The molecule has 0 bridgehead atoms. The van der Waals surface area contributed by atoms with Crippen LogP contribution >= 0.6 is 0 Å². The molecule has 1 aromatic carbocycles. The summed E-state index contributed by atoms with van der Waals surface area (Å²) in [6.07, 6.45) is 2.26. The zero-order valence-corrected chi connectivity index (χ0v) is 21.9. The van der Waals surface area contributed by atoms with Crippen LogP contribution in [0.2, 0.25) is 0 Å². The van der Waals surface area contributed by atoms with Crippen molar-refractivity contribution in [1.82, 2.24) is 25.6 Å². The third-order valence-corrected chi connectivity index (χ3v) is 7.38. The van der Waals surface area contributed by atoms with Crippen LogP contribution < -0.4 is 15.4 Å². The number of H-pyrrole nitrogens is 1. The van der Waals surface area contributed by atoms with Gasteiger partial charge in [-0.2, -0.15) is 0 Å². The fourth-order valence-electron chi connectivity index (χ4n) is 5.02. The summed E-state index contributed by atoms with van der Waals surface area (Å²) in [5.74, 6) is 0.401. The molecule has 0 spiro atoms. The molecule has 0 unspecified atom stereocenters. The average molecular weight is 524 g/mol. The molecule has 5 rings (SSSR count). The Balaban J connectivity index is 1.37. The number of aliphatic hydroxyl groups excluding tert-OH is 1. The van der Waals surface area contributed by atoms with E-state index in [0.29, 0.717) is 53.4 Å². The predicted molar refractivity (Wildman–Crippen MR) is 141 cm³/mol. The quantitative estimate of drug-likeness (QED) is 0.358. The van der Waals surface area contributed by atoms with Crippen LogP contribution in [0.4, 0.5) is 4.39 Å². The summed E-state index contributed by atoms with van der Waals surface area (Å²) in [5.41, 5.74) is 4.58. The topological polar surface area (TPSA) is 129 Å². The highest BCUT2D eigenvalue weighted by Gasteiger charge is 2.34. The van der Waals surface area contributed by atoms with Gasteiger partial charge in [0, 0.05) is 23.7 Å². The lowest BCUT2D eigenvalue weighted by Crippen LogP contribution is -2.51. The summed E-state index contributed by atoms with van der Waals surface area (Å²) in [4.78, 5) is 37.4. The molecule has 4 atom stereocenters. The summed E-state index contributed by atoms with van der Waals surface area (Å²) < 4.78 is 21.1. The molecule has 10 heteroatoms. The first-order valence-electron chi connectivity index (χ1n) is 13.2. The number of nitrogens with one attached hydrogen (secondary N) is 3. The van der Waals surface area contributed by atoms with Crippen LogP contribution in [0.15, 0.2) is 24.5 Å². The zero-order valence-electron chi connectivity index (χ0n) is 21.9. The van der Waals surface area contributed by atoms with Crippen LogP contribution in [0.1, 0.15) is 60.6 Å². The molecule has 9 nitrogen and oxygen atoms in total. The number of halogens is 1. The number of aliphatic hydroxyl groups is 1. The second kappa shape index (κ2) is 10.7. The van der Waals surface area contributed by atoms with Crippen molar-refractivity contribution in [3.05, 3.63) is 41.3 Å². The van der Waals surface area contributed by atoms with E-state index in [1.54, 1.807) is 6.92 Å². The van der Waals surface area contributed by atoms with Gasteiger partial charge in [-0.1, -0.05) is 11.6 Å². The summed E-state index contributed by atoms with van der Waals surface area (Å²) in [7, 11) is 0. The number of carbonyl (C=O) groups is 2. The van der Waals surface area contributed by atoms with Crippen molar-refractivity contribution in [1.29, 1.82) is 0 Å². The molecule has 38 heavy (non-hydrogen) atoms. The molecule has 4 N–H and O–H groups in total. The highest BCUT2D eigenvalue weighted by molar-refractivity contribution is 6.09. The summed E-state index contributed by atoms with van der Waals surface area (Å²) in [6.45, 7) is 5.82. The molecule has 2 aliphatic rings. The molecule has 2 heterocycles. The molecule has 2 saturated carbocycles. The van der Waals surface area contributed by atoms with Crippen molar-refractivity contribution in [3.63, 3.8) is 0 Å². The van der Waals surface area contributed by atoms with Gasteiger partial charge in [0.05, 0.1) is 23.7 Å². The zero-order chi connectivity index (χ0) is 27.0. The van der Waals surface area contributed by atoms with E-state index in [4.69, 9.17) is 4.74 Å². The van der Waals surface area contributed by atoms with Crippen LogP contribution in [-0.4, -0.2) is 62.8 Å². The molecule has 0 radical (unpaired) electrons. The number of alkyl halides is 1. The van der Waals surface area contributed by atoms with Crippen molar-refractivity contribution in [2.45, 2.75) is 77.2 Å². The maximum atomic E-state index is 15.0. The van der Waals surface area contributed by atoms with Crippen LogP contribution in [0.5, 0.6) is 5.75 Å². The molecule has 2 aromatic heterocycles. The number of benzene rings is 1. The Morgan fingerprint density at radius 3 is 2.68 bits per heavy atom. The Morgan fingerprint density at radius 1 is 1.18 bits per heavy atom. The largest absolute Gasteiger partial charge is 0.493 e. The Bertz CT molecular complexity index is 1350. The molecule has 0 aliphatic heterocycles. The van der Waals surface area contributed by atoms with E-state index in [0.717, 1.165) is 16.9 Å². The minimum atomic E-state index is -1.33. The lowest BCUT2D eigenvalue weighted by atomic mass is 9.89. The number of amides is 2. The average Bonchev–Trinajstić information content (AvgIpc) is 3.64. The Hall–Kier alpha value is -3.53. The Kier molecular flexibility index (Phi) is 7.34. The number of hydrogen-bond acceptors (Lipinski definition) is 6. The van der Waals surface area contributed by atoms with Crippen LogP contribution in [-0.2, 0) is 4.79 Å². The Labute approximate surface area is 220 Å². The first-order valence-corrected chi connectivity index (χ1v) is 13.2. The third kappa shape index (κ3) is 5.50. The SMILES string of the molecule is Cc1ccc(OCC2CC2)c(-c2ncnc3c(C(=O)N[C@H]4CC[C@@H](NC(=O)[C@H](C)O)C[C@H]4F)c(C)[nH]c23)c1. The molecule has 2 fully saturated rings. The van der Waals surface area contributed by atoms with E-state index in [9.17, 15) is 19.1 Å². The minimum Gasteiger partial charge on any atom is -0.493 e. The van der Waals surface area contributed by atoms with Crippen molar-refractivity contribution in [3.8, 4) is 17.0 Å². The standard InChI is InChI=1S/C28H34FN5O4/c1-14-4-9-22(38-12-17-5-6-17)19(10-14)24-26-25(31-13-30-24)23(15(2)32-26)28(37)34-21-8-7-18(11-20(21)29)33-27(36)16(3)35/h4,9-10,13,16-18,20-21,32,35H,5-8,11-12H2,1-3H3,(H,33,36)(H,34,37)/t16-,18+,20+,21-/m0/s1. The number of nitrogens with zero attached hydrogens (tertiary/aromatic N) is 2. The first kappa shape index (κ1) is 26.1. The molecule has 202 valence electrons. The van der Waals surface area contributed by atoms with E-state index < -0.39 is 30.1 Å². The number of fused-ring (bicyclic) bond motifs is 1. The summed E-state index contributed by atoms with van der Waals surface area (Å²) in [5, 5.41) is 14.9. The monoisotopic (exact) mass is 523 g/mol. The van der Waals surface area contributed by atoms with Crippen molar-refractivity contribution in [2.75, 3.05) is 6.61 Å². The fourth-order valence-corrected chi connectivity index (χ4v) is 5.02. The van der Waals surface area contributed by atoms with Crippen LogP contribution in [0, 0.1) is 19.8 Å². The summed E-state index contributed by atoms with van der Waals surface area (Å²) >= 11 is 0. The van der Waals surface area contributed by atoms with E-state index in [2.05, 4.69) is 25.6 Å². The van der Waals surface area contributed by atoms with Gasteiger partial charge in [0.15, 0.2) is 0 Å². The van der Waals surface area contributed by atoms with Gasteiger partial charge in [-0.15, -0.1) is 0 Å². The van der Waals surface area contributed by atoms with Crippen molar-refractivity contribution >= 4 is 22.8 Å². The van der Waals surface area contributed by atoms with Gasteiger partial charge in [-0.05, 0) is 64.5 Å². The smallest absolute Gasteiger partial charge is 0.255 e. The highest BCUT2D eigenvalue weighted by Crippen LogP contribution is 2.37.